The van der Waals surface area contributed by atoms with Crippen molar-refractivity contribution < 1.29 is 27.1 Å². The molecule has 0 spiro atoms. The number of alkyl halides is 2. The van der Waals surface area contributed by atoms with Gasteiger partial charge >= 0.3 is 6.61 Å². The molecule has 0 radical (unpaired) electrons. The van der Waals surface area contributed by atoms with E-state index in [-0.39, 0.29) is 27.3 Å². The summed E-state index contributed by atoms with van der Waals surface area (Å²) in [4.78, 5) is 10.5. The van der Waals surface area contributed by atoms with Crippen LogP contribution in [-0.4, -0.2) is 12.9 Å². The summed E-state index contributed by atoms with van der Waals surface area (Å²) >= 11 is 2.84. The third kappa shape index (κ3) is 2.81. The van der Waals surface area contributed by atoms with Crippen LogP contribution in [0.1, 0.15) is 10.6 Å². The molecule has 2 aromatic rings. The van der Waals surface area contributed by atoms with Crippen molar-refractivity contribution >= 4 is 22.2 Å². The highest BCUT2D eigenvalue weighted by Gasteiger charge is 2.20. The van der Waals surface area contributed by atoms with Crippen LogP contribution in [0.15, 0.2) is 33.2 Å². The van der Waals surface area contributed by atoms with Crippen LogP contribution >= 0.6 is 15.9 Å². The molecule has 0 aliphatic rings. The fourth-order valence-corrected chi connectivity index (χ4v) is 1.93. The first-order valence-corrected chi connectivity index (χ1v) is 5.80. The molecular formula is C12H6BrF3O3. The van der Waals surface area contributed by atoms with Crippen molar-refractivity contribution in [3.8, 4) is 17.1 Å². The molecule has 0 saturated heterocycles. The minimum Gasteiger partial charge on any atom is -0.453 e. The van der Waals surface area contributed by atoms with Gasteiger partial charge in [-0.1, -0.05) is 0 Å². The highest BCUT2D eigenvalue weighted by atomic mass is 79.9. The minimum atomic E-state index is -3.11. The van der Waals surface area contributed by atoms with Crippen molar-refractivity contribution in [3.63, 3.8) is 0 Å². The Kier molecular flexibility index (Phi) is 3.94. The molecule has 1 heterocycles. The van der Waals surface area contributed by atoms with E-state index in [4.69, 9.17) is 4.42 Å². The molecule has 0 saturated carbocycles. The normalized spacial score (nSPS) is 10.8. The summed E-state index contributed by atoms with van der Waals surface area (Å²) in [7, 11) is 0. The number of benzene rings is 1. The second-order valence-corrected chi connectivity index (χ2v) is 4.23. The Morgan fingerprint density at radius 2 is 2.00 bits per heavy atom. The number of ether oxygens (including phenoxy) is 1. The van der Waals surface area contributed by atoms with Gasteiger partial charge in [-0.2, -0.15) is 8.78 Å². The molecule has 2 rings (SSSR count). The quantitative estimate of drug-likeness (QED) is 0.784. The van der Waals surface area contributed by atoms with Crippen LogP contribution < -0.4 is 4.74 Å². The number of rotatable bonds is 4. The molecule has 3 nitrogen and oxygen atoms in total. The van der Waals surface area contributed by atoms with E-state index in [1.54, 1.807) is 0 Å². The summed E-state index contributed by atoms with van der Waals surface area (Å²) in [5, 5.41) is 0. The Bertz CT molecular complexity index is 610. The molecule has 0 unspecified atom stereocenters. The predicted molar refractivity (Wildman–Crippen MR) is 63.8 cm³/mol. The predicted octanol–water partition coefficient (Wildman–Crippen LogP) is 4.26. The SMILES string of the molecule is O=Cc1ccc(-c2ccc(F)c(Br)c2OC(F)F)o1. The Balaban J connectivity index is 2.55. The lowest BCUT2D eigenvalue weighted by molar-refractivity contribution is -0.0501. The molecule has 0 atom stereocenters. The summed E-state index contributed by atoms with van der Waals surface area (Å²) in [6.07, 6.45) is 0.468. The molecule has 7 heteroatoms. The van der Waals surface area contributed by atoms with Crippen LogP contribution in [-0.2, 0) is 0 Å². The van der Waals surface area contributed by atoms with Gasteiger partial charge in [-0.25, -0.2) is 4.39 Å². The number of furan rings is 1. The van der Waals surface area contributed by atoms with Gasteiger partial charge in [0, 0.05) is 0 Å². The Morgan fingerprint density at radius 3 is 2.58 bits per heavy atom. The number of hydrogen-bond acceptors (Lipinski definition) is 3. The summed E-state index contributed by atoms with van der Waals surface area (Å²) in [5.74, 6) is -0.986. The zero-order valence-electron chi connectivity index (χ0n) is 9.20. The van der Waals surface area contributed by atoms with E-state index in [0.717, 1.165) is 6.07 Å². The molecule has 0 aliphatic carbocycles. The molecular weight excluding hydrogens is 329 g/mol. The second-order valence-electron chi connectivity index (χ2n) is 3.44. The van der Waals surface area contributed by atoms with Crippen LogP contribution in [0.2, 0.25) is 0 Å². The number of aldehydes is 1. The molecule has 0 amide bonds. The Morgan fingerprint density at radius 1 is 1.26 bits per heavy atom. The zero-order chi connectivity index (χ0) is 14.0. The zero-order valence-corrected chi connectivity index (χ0v) is 10.8. The molecule has 1 aromatic heterocycles. The fourth-order valence-electron chi connectivity index (χ4n) is 1.49. The minimum absolute atomic E-state index is 0.0263. The van der Waals surface area contributed by atoms with E-state index in [1.807, 2.05) is 0 Å². The van der Waals surface area contributed by atoms with Gasteiger partial charge in [0.1, 0.15) is 11.6 Å². The smallest absolute Gasteiger partial charge is 0.387 e. The first kappa shape index (κ1) is 13.7. The van der Waals surface area contributed by atoms with Gasteiger partial charge < -0.3 is 9.15 Å². The first-order chi connectivity index (χ1) is 9.02. The van der Waals surface area contributed by atoms with Crippen molar-refractivity contribution in [3.05, 3.63) is 40.3 Å². The fraction of sp³-hybridized carbons (Fsp3) is 0.0833. The van der Waals surface area contributed by atoms with E-state index >= 15 is 0 Å². The highest BCUT2D eigenvalue weighted by Crippen LogP contribution is 2.39. The molecule has 0 fully saturated rings. The maximum Gasteiger partial charge on any atom is 0.387 e. The number of carbonyl (C=O) groups excluding carboxylic acids is 1. The van der Waals surface area contributed by atoms with Gasteiger partial charge in [0.25, 0.3) is 0 Å². The molecule has 0 N–H and O–H groups in total. The number of halogens is 4. The maximum atomic E-state index is 13.3. The monoisotopic (exact) mass is 334 g/mol. The standard InChI is InChI=1S/C12H6BrF3O3/c13-10-8(14)3-2-7(11(10)19-12(15)16)9-4-1-6(5-17)18-9/h1-5,12H. The van der Waals surface area contributed by atoms with E-state index in [0.29, 0.717) is 6.29 Å². The van der Waals surface area contributed by atoms with Gasteiger partial charge in [-0.3, -0.25) is 4.79 Å². The molecule has 0 aliphatic heterocycles. The van der Waals surface area contributed by atoms with E-state index in [2.05, 4.69) is 20.7 Å². The van der Waals surface area contributed by atoms with Gasteiger partial charge in [0.05, 0.1) is 10.0 Å². The third-order valence-electron chi connectivity index (χ3n) is 2.27. The van der Waals surface area contributed by atoms with Crippen LogP contribution in [0.25, 0.3) is 11.3 Å². The van der Waals surface area contributed by atoms with Crippen molar-refractivity contribution in [2.75, 3.05) is 0 Å². The largest absolute Gasteiger partial charge is 0.453 e. The van der Waals surface area contributed by atoms with E-state index in [1.165, 1.54) is 18.2 Å². The van der Waals surface area contributed by atoms with Crippen molar-refractivity contribution in [2.24, 2.45) is 0 Å². The average molecular weight is 335 g/mol. The van der Waals surface area contributed by atoms with Crippen LogP contribution in [0.5, 0.6) is 5.75 Å². The van der Waals surface area contributed by atoms with Gasteiger partial charge in [0.2, 0.25) is 0 Å². The van der Waals surface area contributed by atoms with E-state index in [9.17, 15) is 18.0 Å². The lowest BCUT2D eigenvalue weighted by Gasteiger charge is -2.11. The first-order valence-electron chi connectivity index (χ1n) is 5.01. The van der Waals surface area contributed by atoms with Crippen LogP contribution in [0.4, 0.5) is 13.2 Å². The Hall–Kier alpha value is -1.76. The molecule has 100 valence electrons. The van der Waals surface area contributed by atoms with Gasteiger partial charge in [-0.15, -0.1) is 0 Å². The van der Waals surface area contributed by atoms with Crippen LogP contribution in [0, 0.1) is 5.82 Å². The number of hydrogen-bond donors (Lipinski definition) is 0. The lowest BCUT2D eigenvalue weighted by atomic mass is 10.1. The summed E-state index contributed by atoms with van der Waals surface area (Å²) in [6.45, 7) is -3.11. The summed E-state index contributed by atoms with van der Waals surface area (Å²) < 4.78 is 47.2. The topological polar surface area (TPSA) is 39.4 Å². The van der Waals surface area contributed by atoms with E-state index < -0.39 is 12.4 Å². The van der Waals surface area contributed by atoms with Crippen molar-refractivity contribution in [2.45, 2.75) is 6.61 Å². The van der Waals surface area contributed by atoms with Crippen LogP contribution in [0.3, 0.4) is 0 Å². The molecule has 1 aromatic carbocycles. The summed E-state index contributed by atoms with van der Waals surface area (Å²) in [5.41, 5.74) is 0.113. The lowest BCUT2D eigenvalue weighted by Crippen LogP contribution is -2.04. The third-order valence-corrected chi connectivity index (χ3v) is 3.00. The van der Waals surface area contributed by atoms with Gasteiger partial charge in [0.15, 0.2) is 17.8 Å². The van der Waals surface area contributed by atoms with Crippen molar-refractivity contribution in [1.29, 1.82) is 0 Å². The maximum absolute atomic E-state index is 13.3. The summed E-state index contributed by atoms with van der Waals surface area (Å²) in [6, 6.07) is 5.07. The second kappa shape index (κ2) is 5.48. The Labute approximate surface area is 114 Å². The number of carbonyl (C=O) groups is 1. The van der Waals surface area contributed by atoms with Gasteiger partial charge in [-0.05, 0) is 40.2 Å². The van der Waals surface area contributed by atoms with Crippen molar-refractivity contribution in [1.82, 2.24) is 0 Å². The highest BCUT2D eigenvalue weighted by molar-refractivity contribution is 9.10. The molecule has 19 heavy (non-hydrogen) atoms. The molecule has 0 bridgehead atoms. The average Bonchev–Trinajstić information content (AvgIpc) is 2.83.